The minimum atomic E-state index is 0. The molecule has 0 aliphatic rings. The van der Waals surface area contributed by atoms with Crippen molar-refractivity contribution in [2.45, 2.75) is 44.5 Å². The van der Waals surface area contributed by atoms with Crippen molar-refractivity contribution >= 4 is 41.7 Å². The summed E-state index contributed by atoms with van der Waals surface area (Å²) in [6.07, 6.45) is 8.23. The maximum Gasteiger partial charge on any atom is 0.191 e. The van der Waals surface area contributed by atoms with Gasteiger partial charge < -0.3 is 15.2 Å². The molecule has 0 aliphatic carbocycles. The van der Waals surface area contributed by atoms with Crippen LogP contribution in [0, 0.1) is 0 Å². The predicted molar refractivity (Wildman–Crippen MR) is 128 cm³/mol. The highest BCUT2D eigenvalue weighted by Gasteiger charge is 2.16. The third-order valence-corrected chi connectivity index (χ3v) is 5.63. The Balaban J connectivity index is 0.00000364. The first-order valence-corrected chi connectivity index (χ1v) is 10.3. The van der Waals surface area contributed by atoms with E-state index in [-0.39, 0.29) is 28.7 Å². The molecule has 0 spiro atoms. The third-order valence-electron chi connectivity index (χ3n) is 4.38. The zero-order valence-corrected chi connectivity index (χ0v) is 19.9. The standard InChI is InChI=1S/C20H31N5S.HI/c1-20(2,26-4)16-24-19(21-3)23-15-18-22-12-14-25(18)13-8-11-17-9-6-5-7-10-17;/h5-7,9-10,12,14H,8,11,13,15-16H2,1-4H3,(H2,21,23,24);1H. The number of nitrogens with zero attached hydrogens (tertiary/aromatic N) is 3. The molecule has 5 nitrogen and oxygen atoms in total. The molecule has 7 heteroatoms. The van der Waals surface area contributed by atoms with Crippen LogP contribution in [0.5, 0.6) is 0 Å². The zero-order chi connectivity index (χ0) is 18.8. The Kier molecular flexibility index (Phi) is 10.8. The molecule has 1 heterocycles. The molecular formula is C20H32IN5S. The molecule has 27 heavy (non-hydrogen) atoms. The van der Waals surface area contributed by atoms with Gasteiger partial charge in [0.2, 0.25) is 0 Å². The second kappa shape index (κ2) is 12.3. The summed E-state index contributed by atoms with van der Waals surface area (Å²) in [4.78, 5) is 8.79. The zero-order valence-electron chi connectivity index (χ0n) is 16.7. The van der Waals surface area contributed by atoms with Gasteiger partial charge in [0.15, 0.2) is 5.96 Å². The van der Waals surface area contributed by atoms with Gasteiger partial charge in [-0.3, -0.25) is 4.99 Å². The van der Waals surface area contributed by atoms with E-state index >= 15 is 0 Å². The van der Waals surface area contributed by atoms with Crippen LogP contribution in [0.1, 0.15) is 31.7 Å². The van der Waals surface area contributed by atoms with Gasteiger partial charge in [0.1, 0.15) is 5.82 Å². The van der Waals surface area contributed by atoms with Gasteiger partial charge in [-0.15, -0.1) is 24.0 Å². The number of aromatic nitrogens is 2. The Hall–Kier alpha value is -1.22. The number of aryl methyl sites for hydroxylation is 2. The fourth-order valence-electron chi connectivity index (χ4n) is 2.56. The summed E-state index contributed by atoms with van der Waals surface area (Å²) in [5.41, 5.74) is 1.38. The molecule has 0 bridgehead atoms. The number of aliphatic imine (C=N–C) groups is 1. The fourth-order valence-corrected chi connectivity index (χ4v) is 2.78. The number of nitrogens with one attached hydrogen (secondary N) is 2. The molecule has 0 aliphatic heterocycles. The second-order valence-corrected chi connectivity index (χ2v) is 8.38. The van der Waals surface area contributed by atoms with Gasteiger partial charge in [0.25, 0.3) is 0 Å². The molecule has 0 radical (unpaired) electrons. The molecule has 0 amide bonds. The van der Waals surface area contributed by atoms with E-state index in [2.05, 4.69) is 81.8 Å². The van der Waals surface area contributed by atoms with Crippen LogP contribution in [-0.4, -0.2) is 40.1 Å². The van der Waals surface area contributed by atoms with Gasteiger partial charge in [0.05, 0.1) is 6.54 Å². The van der Waals surface area contributed by atoms with Crippen LogP contribution in [0.15, 0.2) is 47.7 Å². The molecule has 0 fully saturated rings. The van der Waals surface area contributed by atoms with Crippen molar-refractivity contribution in [3.63, 3.8) is 0 Å². The molecule has 1 aromatic heterocycles. The largest absolute Gasteiger partial charge is 0.355 e. The molecular weight excluding hydrogens is 469 g/mol. The van der Waals surface area contributed by atoms with E-state index in [1.165, 1.54) is 5.56 Å². The van der Waals surface area contributed by atoms with Crippen molar-refractivity contribution in [1.29, 1.82) is 0 Å². The number of imidazole rings is 1. The van der Waals surface area contributed by atoms with E-state index in [9.17, 15) is 0 Å². The van der Waals surface area contributed by atoms with Gasteiger partial charge in [-0.2, -0.15) is 11.8 Å². The van der Waals surface area contributed by atoms with Crippen LogP contribution in [0.4, 0.5) is 0 Å². The molecule has 0 saturated carbocycles. The smallest absolute Gasteiger partial charge is 0.191 e. The second-order valence-electron chi connectivity index (χ2n) is 6.87. The van der Waals surface area contributed by atoms with Crippen LogP contribution in [0.25, 0.3) is 0 Å². The predicted octanol–water partition coefficient (Wildman–Crippen LogP) is 3.94. The maximum absolute atomic E-state index is 4.49. The van der Waals surface area contributed by atoms with Crippen molar-refractivity contribution in [3.8, 4) is 0 Å². The molecule has 0 atom stereocenters. The van der Waals surface area contributed by atoms with Crippen molar-refractivity contribution in [2.24, 2.45) is 4.99 Å². The SMILES string of the molecule is CN=C(NCc1nccn1CCCc1ccccc1)NCC(C)(C)SC.I. The van der Waals surface area contributed by atoms with E-state index in [4.69, 9.17) is 0 Å². The number of guanidine groups is 1. The highest BCUT2D eigenvalue weighted by atomic mass is 127. The van der Waals surface area contributed by atoms with E-state index in [0.717, 1.165) is 37.7 Å². The molecule has 2 rings (SSSR count). The van der Waals surface area contributed by atoms with Crippen LogP contribution in [0.2, 0.25) is 0 Å². The van der Waals surface area contributed by atoms with Gasteiger partial charge in [-0.1, -0.05) is 30.3 Å². The first-order chi connectivity index (χ1) is 12.5. The van der Waals surface area contributed by atoms with Crippen LogP contribution < -0.4 is 10.6 Å². The molecule has 1 aromatic carbocycles. The maximum atomic E-state index is 4.49. The summed E-state index contributed by atoms with van der Waals surface area (Å²) in [6, 6.07) is 10.6. The van der Waals surface area contributed by atoms with Crippen molar-refractivity contribution in [2.75, 3.05) is 19.8 Å². The molecule has 150 valence electrons. The summed E-state index contributed by atoms with van der Waals surface area (Å²) < 4.78 is 2.39. The number of hydrogen-bond acceptors (Lipinski definition) is 3. The molecule has 2 N–H and O–H groups in total. The minimum Gasteiger partial charge on any atom is -0.355 e. The number of thioether (sulfide) groups is 1. The van der Waals surface area contributed by atoms with Crippen molar-refractivity contribution < 1.29 is 0 Å². The molecule has 0 saturated heterocycles. The lowest BCUT2D eigenvalue weighted by Crippen LogP contribution is -2.43. The summed E-state index contributed by atoms with van der Waals surface area (Å²) in [5.74, 6) is 1.84. The molecule has 2 aromatic rings. The average molecular weight is 501 g/mol. The minimum absolute atomic E-state index is 0. The van der Waals surface area contributed by atoms with Gasteiger partial charge >= 0.3 is 0 Å². The Morgan fingerprint density at radius 1 is 1.22 bits per heavy atom. The Morgan fingerprint density at radius 3 is 2.63 bits per heavy atom. The lowest BCUT2D eigenvalue weighted by Gasteiger charge is -2.23. The van der Waals surface area contributed by atoms with E-state index in [0.29, 0.717) is 6.54 Å². The van der Waals surface area contributed by atoms with Crippen molar-refractivity contribution in [1.82, 2.24) is 20.2 Å². The highest BCUT2D eigenvalue weighted by molar-refractivity contribution is 14.0. The normalized spacial score (nSPS) is 11.8. The van der Waals surface area contributed by atoms with Crippen molar-refractivity contribution in [3.05, 3.63) is 54.1 Å². The van der Waals surface area contributed by atoms with Crippen LogP contribution in [0.3, 0.4) is 0 Å². The van der Waals surface area contributed by atoms with Gasteiger partial charge in [-0.25, -0.2) is 4.98 Å². The summed E-state index contributed by atoms with van der Waals surface area (Å²) >= 11 is 1.84. The third kappa shape index (κ3) is 8.55. The lowest BCUT2D eigenvalue weighted by molar-refractivity contribution is 0.598. The number of halogens is 1. The first-order valence-electron chi connectivity index (χ1n) is 9.07. The van der Waals surface area contributed by atoms with Crippen LogP contribution >= 0.6 is 35.7 Å². The lowest BCUT2D eigenvalue weighted by atomic mass is 10.1. The molecule has 0 unspecified atom stereocenters. The topological polar surface area (TPSA) is 54.2 Å². The summed E-state index contributed by atoms with van der Waals surface area (Å²) in [5, 5.41) is 6.75. The monoisotopic (exact) mass is 501 g/mol. The summed E-state index contributed by atoms with van der Waals surface area (Å²) in [6.45, 7) is 6.93. The number of rotatable bonds is 9. The Bertz CT molecular complexity index is 685. The average Bonchev–Trinajstić information content (AvgIpc) is 3.10. The van der Waals surface area contributed by atoms with Crippen LogP contribution in [-0.2, 0) is 19.5 Å². The Labute approximate surface area is 184 Å². The Morgan fingerprint density at radius 2 is 1.96 bits per heavy atom. The number of hydrogen-bond donors (Lipinski definition) is 2. The van der Waals surface area contributed by atoms with E-state index in [1.54, 1.807) is 7.05 Å². The summed E-state index contributed by atoms with van der Waals surface area (Å²) in [7, 11) is 1.80. The quantitative estimate of drug-likeness (QED) is 0.311. The van der Waals surface area contributed by atoms with E-state index in [1.807, 2.05) is 18.0 Å². The number of benzene rings is 1. The first kappa shape index (κ1) is 23.8. The van der Waals surface area contributed by atoms with E-state index < -0.39 is 0 Å². The van der Waals surface area contributed by atoms with Gasteiger partial charge in [-0.05, 0) is 38.5 Å². The fraction of sp³-hybridized carbons (Fsp3) is 0.500. The highest BCUT2D eigenvalue weighted by Crippen LogP contribution is 2.19. The van der Waals surface area contributed by atoms with Gasteiger partial charge in [0, 0.05) is 37.3 Å².